The molecular formula is C21H33N3S. The van der Waals surface area contributed by atoms with Crippen LogP contribution in [0.4, 0.5) is 5.69 Å². The number of hydrogen-bond donors (Lipinski definition) is 1. The van der Waals surface area contributed by atoms with Crippen LogP contribution in [0.15, 0.2) is 41.8 Å². The predicted octanol–water partition coefficient (Wildman–Crippen LogP) is 4.25. The monoisotopic (exact) mass is 359 g/mol. The van der Waals surface area contributed by atoms with E-state index >= 15 is 0 Å². The van der Waals surface area contributed by atoms with Crippen LogP contribution in [0, 0.1) is 0 Å². The Kier molecular flexibility index (Phi) is 9.02. The van der Waals surface area contributed by atoms with Crippen LogP contribution in [0.2, 0.25) is 0 Å². The van der Waals surface area contributed by atoms with Crippen molar-refractivity contribution in [3.05, 3.63) is 52.2 Å². The van der Waals surface area contributed by atoms with Crippen LogP contribution in [0.3, 0.4) is 0 Å². The Morgan fingerprint density at radius 2 is 1.76 bits per heavy atom. The fourth-order valence-corrected chi connectivity index (χ4v) is 3.87. The molecule has 0 unspecified atom stereocenters. The highest BCUT2D eigenvalue weighted by molar-refractivity contribution is 7.09. The van der Waals surface area contributed by atoms with E-state index in [2.05, 4.69) is 63.8 Å². The SMILES string of the molecule is CC.CCN1CCN(c2ccccc2CNCCc2cccs2)CC1. The second-order valence-electron chi connectivity index (χ2n) is 6.06. The fourth-order valence-electron chi connectivity index (χ4n) is 3.16. The third-order valence-electron chi connectivity index (χ3n) is 4.60. The maximum Gasteiger partial charge on any atom is 0.0412 e. The zero-order valence-corrected chi connectivity index (χ0v) is 16.8. The largest absolute Gasteiger partial charge is 0.369 e. The van der Waals surface area contributed by atoms with Crippen LogP contribution < -0.4 is 10.2 Å². The van der Waals surface area contributed by atoms with Gasteiger partial charge in [-0.15, -0.1) is 11.3 Å². The van der Waals surface area contributed by atoms with Crippen LogP contribution in [0.5, 0.6) is 0 Å². The number of hydrogen-bond acceptors (Lipinski definition) is 4. The lowest BCUT2D eigenvalue weighted by Crippen LogP contribution is -2.46. The standard InChI is InChI=1S/C19H27N3S.C2H6/c1-2-21-11-13-22(14-12-21)19-8-4-3-6-17(19)16-20-10-9-18-7-5-15-23-18;1-2/h3-8,15,20H,2,9-14,16H2,1H3;1-2H3. The summed E-state index contributed by atoms with van der Waals surface area (Å²) in [5, 5.41) is 5.76. The average molecular weight is 360 g/mol. The highest BCUT2D eigenvalue weighted by Crippen LogP contribution is 2.21. The molecule has 1 fully saturated rings. The molecule has 3 nitrogen and oxygen atoms in total. The van der Waals surface area contributed by atoms with Crippen molar-refractivity contribution in [3.63, 3.8) is 0 Å². The van der Waals surface area contributed by atoms with E-state index < -0.39 is 0 Å². The molecule has 1 aromatic heterocycles. The van der Waals surface area contributed by atoms with E-state index in [0.29, 0.717) is 0 Å². The first kappa shape index (κ1) is 20.0. The molecule has 0 bridgehead atoms. The zero-order valence-electron chi connectivity index (χ0n) is 16.0. The third-order valence-corrected chi connectivity index (χ3v) is 5.53. The lowest BCUT2D eigenvalue weighted by Gasteiger charge is -2.36. The highest BCUT2D eigenvalue weighted by atomic mass is 32.1. The van der Waals surface area contributed by atoms with Gasteiger partial charge in [0.2, 0.25) is 0 Å². The molecule has 2 heterocycles. The molecule has 0 aliphatic carbocycles. The highest BCUT2D eigenvalue weighted by Gasteiger charge is 2.17. The minimum atomic E-state index is 0.954. The Morgan fingerprint density at radius 1 is 1.00 bits per heavy atom. The Bertz CT molecular complexity index is 575. The zero-order chi connectivity index (χ0) is 17.9. The van der Waals surface area contributed by atoms with E-state index in [1.165, 1.54) is 35.8 Å². The molecule has 1 aromatic carbocycles. The smallest absolute Gasteiger partial charge is 0.0412 e. The van der Waals surface area contributed by atoms with Crippen LogP contribution in [0.1, 0.15) is 31.2 Å². The van der Waals surface area contributed by atoms with Gasteiger partial charge in [0.05, 0.1) is 0 Å². The van der Waals surface area contributed by atoms with E-state index in [-0.39, 0.29) is 0 Å². The summed E-state index contributed by atoms with van der Waals surface area (Å²) in [6, 6.07) is 13.2. The van der Waals surface area contributed by atoms with Gasteiger partial charge in [0, 0.05) is 49.8 Å². The maximum atomic E-state index is 3.61. The van der Waals surface area contributed by atoms with Crippen molar-refractivity contribution in [1.82, 2.24) is 10.2 Å². The molecule has 0 spiro atoms. The van der Waals surface area contributed by atoms with Crippen molar-refractivity contribution in [2.24, 2.45) is 0 Å². The van der Waals surface area contributed by atoms with Crippen molar-refractivity contribution >= 4 is 17.0 Å². The first-order valence-electron chi connectivity index (χ1n) is 9.65. The molecule has 1 aliphatic rings. The van der Waals surface area contributed by atoms with Gasteiger partial charge in [-0.05, 0) is 36.0 Å². The van der Waals surface area contributed by atoms with Gasteiger partial charge in [0.1, 0.15) is 0 Å². The van der Waals surface area contributed by atoms with Crippen LogP contribution in [-0.4, -0.2) is 44.2 Å². The molecule has 0 radical (unpaired) electrons. The van der Waals surface area contributed by atoms with Crippen LogP contribution in [-0.2, 0) is 13.0 Å². The van der Waals surface area contributed by atoms with Crippen LogP contribution in [0.25, 0.3) is 0 Å². The molecule has 25 heavy (non-hydrogen) atoms. The number of piperazine rings is 1. The van der Waals surface area contributed by atoms with E-state index in [1.54, 1.807) is 0 Å². The number of para-hydroxylation sites is 1. The molecule has 2 aromatic rings. The minimum absolute atomic E-state index is 0.954. The van der Waals surface area contributed by atoms with Gasteiger partial charge >= 0.3 is 0 Å². The molecular weight excluding hydrogens is 326 g/mol. The first-order chi connectivity index (χ1) is 12.4. The molecule has 1 saturated heterocycles. The Morgan fingerprint density at radius 3 is 2.44 bits per heavy atom. The molecule has 3 rings (SSSR count). The van der Waals surface area contributed by atoms with Gasteiger partial charge in [-0.3, -0.25) is 0 Å². The van der Waals surface area contributed by atoms with Crippen molar-refractivity contribution in [1.29, 1.82) is 0 Å². The van der Waals surface area contributed by atoms with Crippen molar-refractivity contribution in [2.45, 2.75) is 33.7 Å². The lowest BCUT2D eigenvalue weighted by molar-refractivity contribution is 0.271. The Labute approximate surface area is 157 Å². The molecule has 0 amide bonds. The maximum absolute atomic E-state index is 3.61. The second-order valence-corrected chi connectivity index (χ2v) is 7.09. The minimum Gasteiger partial charge on any atom is -0.369 e. The van der Waals surface area contributed by atoms with Gasteiger partial charge in [-0.2, -0.15) is 0 Å². The summed E-state index contributed by atoms with van der Waals surface area (Å²) in [6.07, 6.45) is 1.12. The quantitative estimate of drug-likeness (QED) is 0.746. The Hall–Kier alpha value is -1.36. The van der Waals surface area contributed by atoms with E-state index in [1.807, 2.05) is 25.2 Å². The van der Waals surface area contributed by atoms with E-state index in [4.69, 9.17) is 0 Å². The summed E-state index contributed by atoms with van der Waals surface area (Å²) in [6.45, 7) is 14.0. The number of likely N-dealkylation sites (N-methyl/N-ethyl adjacent to an activating group) is 1. The normalized spacial score (nSPS) is 14.9. The van der Waals surface area contributed by atoms with Crippen molar-refractivity contribution in [2.75, 3.05) is 44.2 Å². The summed E-state index contributed by atoms with van der Waals surface area (Å²) >= 11 is 1.84. The number of rotatable bonds is 7. The summed E-state index contributed by atoms with van der Waals surface area (Å²) in [5.74, 6) is 0. The van der Waals surface area contributed by atoms with E-state index in [9.17, 15) is 0 Å². The topological polar surface area (TPSA) is 18.5 Å². The van der Waals surface area contributed by atoms with Crippen molar-refractivity contribution in [3.8, 4) is 0 Å². The lowest BCUT2D eigenvalue weighted by atomic mass is 10.1. The van der Waals surface area contributed by atoms with Gasteiger partial charge in [-0.1, -0.05) is 45.0 Å². The van der Waals surface area contributed by atoms with Gasteiger partial charge in [-0.25, -0.2) is 0 Å². The van der Waals surface area contributed by atoms with E-state index in [0.717, 1.165) is 32.6 Å². The van der Waals surface area contributed by atoms with Gasteiger partial charge in [0.25, 0.3) is 0 Å². The summed E-state index contributed by atoms with van der Waals surface area (Å²) in [5.41, 5.74) is 2.83. The molecule has 1 aliphatic heterocycles. The summed E-state index contributed by atoms with van der Waals surface area (Å²) < 4.78 is 0. The number of nitrogens with zero attached hydrogens (tertiary/aromatic N) is 2. The fraction of sp³-hybridized carbons (Fsp3) is 0.524. The molecule has 0 saturated carbocycles. The molecule has 0 atom stereocenters. The molecule has 138 valence electrons. The average Bonchev–Trinajstić information content (AvgIpc) is 3.21. The van der Waals surface area contributed by atoms with Crippen molar-refractivity contribution < 1.29 is 0 Å². The first-order valence-corrected chi connectivity index (χ1v) is 10.5. The number of anilines is 1. The van der Waals surface area contributed by atoms with Crippen LogP contribution >= 0.6 is 11.3 Å². The second kappa shape index (κ2) is 11.3. The number of benzene rings is 1. The number of thiophene rings is 1. The number of nitrogens with one attached hydrogen (secondary N) is 1. The Balaban J connectivity index is 0.00000109. The summed E-state index contributed by atoms with van der Waals surface area (Å²) in [7, 11) is 0. The summed E-state index contributed by atoms with van der Waals surface area (Å²) in [4.78, 5) is 6.53. The van der Waals surface area contributed by atoms with Gasteiger partial charge < -0.3 is 15.1 Å². The molecule has 4 heteroatoms. The third kappa shape index (κ3) is 6.14. The molecule has 1 N–H and O–H groups in total. The predicted molar refractivity (Wildman–Crippen MR) is 112 cm³/mol. The van der Waals surface area contributed by atoms with Gasteiger partial charge in [0.15, 0.2) is 0 Å².